The number of nitrogens with two attached hydrogens (primary N) is 1. The molecule has 0 aliphatic rings. The van der Waals surface area contributed by atoms with Gasteiger partial charge in [0, 0.05) is 17.8 Å². The number of pyridine rings is 1. The molecule has 2 heterocycles. The van der Waals surface area contributed by atoms with Crippen LogP contribution < -0.4 is 10.5 Å². The number of hydrogen-bond acceptors (Lipinski definition) is 5. The molecule has 0 saturated carbocycles. The summed E-state index contributed by atoms with van der Waals surface area (Å²) in [7, 11) is 1.51. The van der Waals surface area contributed by atoms with Gasteiger partial charge in [-0.15, -0.1) is 0 Å². The predicted octanol–water partition coefficient (Wildman–Crippen LogP) is 0.844. The lowest BCUT2D eigenvalue weighted by Gasteiger charge is -1.99. The molecular weight excluding hydrogens is 210 g/mol. The normalized spacial score (nSPS) is 10.1. The van der Waals surface area contributed by atoms with Crippen molar-refractivity contribution in [2.24, 2.45) is 5.73 Å². The Labute approximate surface area is 91.1 Å². The van der Waals surface area contributed by atoms with Gasteiger partial charge in [-0.3, -0.25) is 4.79 Å². The van der Waals surface area contributed by atoms with Gasteiger partial charge in [0.2, 0.25) is 11.8 Å². The third kappa shape index (κ3) is 1.85. The Hall–Kier alpha value is -2.37. The van der Waals surface area contributed by atoms with Gasteiger partial charge in [-0.1, -0.05) is 0 Å². The van der Waals surface area contributed by atoms with Crippen molar-refractivity contribution >= 4 is 5.91 Å². The second kappa shape index (κ2) is 4.01. The van der Waals surface area contributed by atoms with Crippen molar-refractivity contribution in [3.05, 3.63) is 30.3 Å². The van der Waals surface area contributed by atoms with E-state index in [0.717, 1.165) is 0 Å². The minimum atomic E-state index is -0.629. The van der Waals surface area contributed by atoms with Crippen molar-refractivity contribution in [3.63, 3.8) is 0 Å². The molecule has 0 aliphatic heterocycles. The topological polar surface area (TPSA) is 91.2 Å². The second-order valence-electron chi connectivity index (χ2n) is 2.99. The van der Waals surface area contributed by atoms with Crippen LogP contribution in [0.4, 0.5) is 0 Å². The number of carbonyl (C=O) groups excluding carboxylic acids is 1. The van der Waals surface area contributed by atoms with Crippen LogP contribution in [-0.4, -0.2) is 23.0 Å². The molecule has 0 aromatic carbocycles. The van der Waals surface area contributed by atoms with Crippen molar-refractivity contribution in [3.8, 4) is 17.3 Å². The molecule has 2 rings (SSSR count). The van der Waals surface area contributed by atoms with E-state index in [1.807, 2.05) is 0 Å². The van der Waals surface area contributed by atoms with Crippen LogP contribution in [0.15, 0.2) is 29.0 Å². The molecule has 0 atom stereocenters. The highest BCUT2D eigenvalue weighted by molar-refractivity contribution is 5.90. The SMILES string of the molecule is COc1cc(-c2nc(C(N)=O)co2)ccn1. The van der Waals surface area contributed by atoms with Gasteiger partial charge >= 0.3 is 0 Å². The summed E-state index contributed by atoms with van der Waals surface area (Å²) in [5.41, 5.74) is 5.82. The first-order chi connectivity index (χ1) is 7.70. The maximum Gasteiger partial charge on any atom is 0.270 e. The Balaban J connectivity index is 2.38. The van der Waals surface area contributed by atoms with Crippen LogP contribution in [0.5, 0.6) is 5.88 Å². The molecule has 0 spiro atoms. The molecule has 1 amide bonds. The first-order valence-electron chi connectivity index (χ1n) is 4.46. The summed E-state index contributed by atoms with van der Waals surface area (Å²) in [6.45, 7) is 0. The number of amides is 1. The van der Waals surface area contributed by atoms with Gasteiger partial charge < -0.3 is 14.9 Å². The minimum absolute atomic E-state index is 0.0887. The Kier molecular flexibility index (Phi) is 2.55. The number of aromatic nitrogens is 2. The second-order valence-corrected chi connectivity index (χ2v) is 2.99. The monoisotopic (exact) mass is 219 g/mol. The number of rotatable bonds is 3. The molecule has 0 saturated heterocycles. The van der Waals surface area contributed by atoms with E-state index in [4.69, 9.17) is 14.9 Å². The summed E-state index contributed by atoms with van der Waals surface area (Å²) in [6, 6.07) is 3.34. The molecule has 16 heavy (non-hydrogen) atoms. The standard InChI is InChI=1S/C10H9N3O3/c1-15-8-4-6(2-3-12-8)10-13-7(5-16-10)9(11)14/h2-5H,1H3,(H2,11,14). The number of hydrogen-bond donors (Lipinski definition) is 1. The van der Waals surface area contributed by atoms with E-state index in [-0.39, 0.29) is 5.69 Å². The van der Waals surface area contributed by atoms with E-state index in [2.05, 4.69) is 9.97 Å². The Morgan fingerprint density at radius 3 is 3.00 bits per heavy atom. The molecular formula is C10H9N3O3. The smallest absolute Gasteiger partial charge is 0.270 e. The summed E-state index contributed by atoms with van der Waals surface area (Å²) in [5.74, 6) is 0.113. The molecule has 6 nitrogen and oxygen atoms in total. The largest absolute Gasteiger partial charge is 0.481 e. The van der Waals surface area contributed by atoms with Crippen LogP contribution in [0.2, 0.25) is 0 Å². The zero-order chi connectivity index (χ0) is 11.5. The summed E-state index contributed by atoms with van der Waals surface area (Å²) < 4.78 is 10.1. The van der Waals surface area contributed by atoms with Crippen LogP contribution in [-0.2, 0) is 0 Å². The lowest BCUT2D eigenvalue weighted by molar-refractivity contribution is 0.0995. The maximum atomic E-state index is 10.8. The molecule has 0 unspecified atom stereocenters. The first-order valence-corrected chi connectivity index (χ1v) is 4.46. The van der Waals surface area contributed by atoms with Gasteiger partial charge in [0.05, 0.1) is 7.11 Å². The number of methoxy groups -OCH3 is 1. The van der Waals surface area contributed by atoms with Crippen LogP contribution in [0.3, 0.4) is 0 Å². The van der Waals surface area contributed by atoms with Crippen molar-refractivity contribution in [2.45, 2.75) is 0 Å². The average Bonchev–Trinajstić information content (AvgIpc) is 2.78. The molecule has 0 aliphatic carbocycles. The zero-order valence-electron chi connectivity index (χ0n) is 8.51. The third-order valence-corrected chi connectivity index (χ3v) is 1.95. The van der Waals surface area contributed by atoms with E-state index in [1.165, 1.54) is 13.4 Å². The molecule has 82 valence electrons. The summed E-state index contributed by atoms with van der Waals surface area (Å²) in [6.07, 6.45) is 2.77. The predicted molar refractivity (Wildman–Crippen MR) is 54.8 cm³/mol. The average molecular weight is 219 g/mol. The fourth-order valence-corrected chi connectivity index (χ4v) is 1.17. The van der Waals surface area contributed by atoms with E-state index in [0.29, 0.717) is 17.3 Å². The van der Waals surface area contributed by atoms with E-state index in [1.54, 1.807) is 18.3 Å². The Bertz CT molecular complexity index is 522. The number of oxazole rings is 1. The molecule has 6 heteroatoms. The highest BCUT2D eigenvalue weighted by Crippen LogP contribution is 2.21. The van der Waals surface area contributed by atoms with Crippen LogP contribution in [0, 0.1) is 0 Å². The maximum absolute atomic E-state index is 10.8. The van der Waals surface area contributed by atoms with Gasteiger partial charge in [-0.05, 0) is 6.07 Å². The zero-order valence-corrected chi connectivity index (χ0v) is 8.51. The van der Waals surface area contributed by atoms with Gasteiger partial charge in [0.25, 0.3) is 5.91 Å². The summed E-state index contributed by atoms with van der Waals surface area (Å²) in [5, 5.41) is 0. The van der Waals surface area contributed by atoms with Crippen LogP contribution >= 0.6 is 0 Å². The third-order valence-electron chi connectivity index (χ3n) is 1.95. The number of carbonyl (C=O) groups is 1. The lowest BCUT2D eigenvalue weighted by Crippen LogP contribution is -2.10. The highest BCUT2D eigenvalue weighted by Gasteiger charge is 2.11. The summed E-state index contributed by atoms with van der Waals surface area (Å²) in [4.78, 5) is 18.7. The van der Waals surface area contributed by atoms with Crippen molar-refractivity contribution in [2.75, 3.05) is 7.11 Å². The van der Waals surface area contributed by atoms with Gasteiger partial charge in [-0.2, -0.15) is 0 Å². The van der Waals surface area contributed by atoms with Crippen molar-refractivity contribution in [1.82, 2.24) is 9.97 Å². The van der Waals surface area contributed by atoms with E-state index in [9.17, 15) is 4.79 Å². The van der Waals surface area contributed by atoms with Crippen LogP contribution in [0.25, 0.3) is 11.5 Å². The van der Waals surface area contributed by atoms with E-state index >= 15 is 0 Å². The molecule has 2 aromatic rings. The quantitative estimate of drug-likeness (QED) is 0.825. The van der Waals surface area contributed by atoms with Gasteiger partial charge in [0.15, 0.2) is 5.69 Å². The fraction of sp³-hybridized carbons (Fsp3) is 0.100. The fourth-order valence-electron chi connectivity index (χ4n) is 1.17. The van der Waals surface area contributed by atoms with Crippen molar-refractivity contribution in [1.29, 1.82) is 0 Å². The molecule has 0 fully saturated rings. The minimum Gasteiger partial charge on any atom is -0.481 e. The van der Waals surface area contributed by atoms with E-state index < -0.39 is 5.91 Å². The number of nitrogens with zero attached hydrogens (tertiary/aromatic N) is 2. The van der Waals surface area contributed by atoms with Crippen molar-refractivity contribution < 1.29 is 13.9 Å². The first kappa shape index (κ1) is 10.2. The highest BCUT2D eigenvalue weighted by atomic mass is 16.5. The molecule has 2 aromatic heterocycles. The number of primary amides is 1. The molecule has 2 N–H and O–H groups in total. The summed E-state index contributed by atoms with van der Waals surface area (Å²) >= 11 is 0. The Morgan fingerprint density at radius 2 is 2.38 bits per heavy atom. The molecule has 0 radical (unpaired) electrons. The Morgan fingerprint density at radius 1 is 1.56 bits per heavy atom. The molecule has 0 bridgehead atoms. The number of ether oxygens (including phenoxy) is 1. The van der Waals surface area contributed by atoms with Gasteiger partial charge in [-0.25, -0.2) is 9.97 Å². The van der Waals surface area contributed by atoms with Crippen LogP contribution in [0.1, 0.15) is 10.5 Å². The lowest BCUT2D eigenvalue weighted by atomic mass is 10.2. The van der Waals surface area contributed by atoms with Gasteiger partial charge in [0.1, 0.15) is 6.26 Å².